The molecule has 0 aliphatic heterocycles. The number of para-hydroxylation sites is 1. The van der Waals surface area contributed by atoms with E-state index in [0.29, 0.717) is 12.8 Å². The van der Waals surface area contributed by atoms with Crippen LogP contribution in [0.1, 0.15) is 41.9 Å². The van der Waals surface area contributed by atoms with Gasteiger partial charge in [-0.3, -0.25) is 4.79 Å². The lowest BCUT2D eigenvalue weighted by atomic mass is 10.1. The van der Waals surface area contributed by atoms with Crippen LogP contribution in [0.15, 0.2) is 54.6 Å². The molecule has 0 bridgehead atoms. The molecule has 3 aromatic rings. The highest BCUT2D eigenvalue weighted by molar-refractivity contribution is 5.77. The molecule has 1 amide bonds. The zero-order valence-electron chi connectivity index (χ0n) is 16.1. The van der Waals surface area contributed by atoms with Crippen LogP contribution in [0.2, 0.25) is 0 Å². The van der Waals surface area contributed by atoms with Crippen LogP contribution in [-0.2, 0) is 11.2 Å². The summed E-state index contributed by atoms with van der Waals surface area (Å²) in [5.41, 5.74) is 11.9. The molecule has 1 unspecified atom stereocenters. The number of carbonyl (C=O) groups excluding carboxylic acids is 1. The fourth-order valence-corrected chi connectivity index (χ4v) is 3.20. The summed E-state index contributed by atoms with van der Waals surface area (Å²) in [5.74, 6) is 0.0216. The highest BCUT2D eigenvalue weighted by atomic mass is 16.1. The first-order valence-corrected chi connectivity index (χ1v) is 9.20. The van der Waals surface area contributed by atoms with Crippen molar-refractivity contribution < 1.29 is 4.79 Å². The van der Waals surface area contributed by atoms with Crippen molar-refractivity contribution in [3.8, 4) is 5.69 Å². The highest BCUT2D eigenvalue weighted by Crippen LogP contribution is 2.18. The van der Waals surface area contributed by atoms with E-state index in [1.165, 1.54) is 0 Å². The topological polar surface area (TPSA) is 72.9 Å². The third-order valence-electron chi connectivity index (χ3n) is 4.70. The van der Waals surface area contributed by atoms with E-state index in [-0.39, 0.29) is 11.9 Å². The number of nitrogens with two attached hydrogens (primary N) is 1. The van der Waals surface area contributed by atoms with E-state index in [1.54, 1.807) is 0 Å². The molecule has 1 heterocycles. The highest BCUT2D eigenvalue weighted by Gasteiger charge is 2.11. The quantitative estimate of drug-likeness (QED) is 0.654. The average Bonchev–Trinajstić information content (AvgIpc) is 2.99. The third-order valence-corrected chi connectivity index (χ3v) is 4.70. The third kappa shape index (κ3) is 4.56. The molecule has 3 N–H and O–H groups in total. The van der Waals surface area contributed by atoms with Crippen LogP contribution in [0, 0.1) is 13.8 Å². The Hall–Kier alpha value is -3.08. The number of amides is 1. The summed E-state index contributed by atoms with van der Waals surface area (Å²) in [7, 11) is 0. The van der Waals surface area contributed by atoms with Crippen LogP contribution in [0.3, 0.4) is 0 Å². The minimum absolute atomic E-state index is 0.0216. The largest absolute Gasteiger partial charge is 0.399 e. The van der Waals surface area contributed by atoms with Crippen LogP contribution in [0.5, 0.6) is 0 Å². The van der Waals surface area contributed by atoms with E-state index in [4.69, 9.17) is 5.73 Å². The van der Waals surface area contributed by atoms with Crippen molar-refractivity contribution in [1.82, 2.24) is 15.1 Å². The summed E-state index contributed by atoms with van der Waals surface area (Å²) in [6.45, 7) is 6.02. The Kier molecular flexibility index (Phi) is 5.60. The van der Waals surface area contributed by atoms with Crippen molar-refractivity contribution in [3.05, 3.63) is 77.1 Å². The molecule has 0 aliphatic rings. The van der Waals surface area contributed by atoms with E-state index in [0.717, 1.165) is 33.9 Å². The molecular weight excluding hydrogens is 336 g/mol. The fraction of sp³-hybridized carbons (Fsp3) is 0.273. The van der Waals surface area contributed by atoms with Crippen molar-refractivity contribution in [2.24, 2.45) is 0 Å². The Morgan fingerprint density at radius 3 is 2.48 bits per heavy atom. The molecule has 140 valence electrons. The molecule has 5 heteroatoms. The molecule has 0 spiro atoms. The second-order valence-electron chi connectivity index (χ2n) is 6.92. The second-order valence-corrected chi connectivity index (χ2v) is 6.92. The maximum absolute atomic E-state index is 12.3. The summed E-state index contributed by atoms with van der Waals surface area (Å²) < 4.78 is 1.92. The summed E-state index contributed by atoms with van der Waals surface area (Å²) >= 11 is 0. The molecule has 5 nitrogen and oxygen atoms in total. The van der Waals surface area contributed by atoms with Gasteiger partial charge < -0.3 is 11.1 Å². The standard InChI is InChI=1S/C22H26N4O/c1-15-14-16(2)26(25-15)20-11-8-18(9-12-20)17(3)24-22(27)13-10-19-6-4-5-7-21(19)23/h4-9,11-12,14,17H,10,13,23H2,1-3H3,(H,24,27). The van der Waals surface area contributed by atoms with E-state index < -0.39 is 0 Å². The molecule has 0 saturated heterocycles. The number of nitrogens with one attached hydrogen (secondary N) is 1. The number of benzene rings is 2. The van der Waals surface area contributed by atoms with Crippen LogP contribution in [0.4, 0.5) is 5.69 Å². The van der Waals surface area contributed by atoms with Crippen molar-refractivity contribution >= 4 is 11.6 Å². The molecule has 27 heavy (non-hydrogen) atoms. The van der Waals surface area contributed by atoms with Gasteiger partial charge in [0.15, 0.2) is 0 Å². The summed E-state index contributed by atoms with van der Waals surface area (Å²) in [4.78, 5) is 12.3. The fourth-order valence-electron chi connectivity index (χ4n) is 3.20. The maximum Gasteiger partial charge on any atom is 0.220 e. The Balaban J connectivity index is 1.59. The maximum atomic E-state index is 12.3. The molecule has 0 radical (unpaired) electrons. The number of nitrogens with zero attached hydrogens (tertiary/aromatic N) is 2. The lowest BCUT2D eigenvalue weighted by Gasteiger charge is -2.15. The zero-order valence-corrected chi connectivity index (χ0v) is 16.1. The monoisotopic (exact) mass is 362 g/mol. The van der Waals surface area contributed by atoms with E-state index in [1.807, 2.05) is 74.0 Å². The van der Waals surface area contributed by atoms with Gasteiger partial charge in [-0.15, -0.1) is 0 Å². The minimum atomic E-state index is -0.0554. The van der Waals surface area contributed by atoms with Crippen LogP contribution < -0.4 is 11.1 Å². The molecule has 1 aromatic heterocycles. The predicted octanol–water partition coefficient (Wildman–Crippen LogP) is 3.88. The first-order valence-electron chi connectivity index (χ1n) is 9.20. The van der Waals surface area contributed by atoms with Gasteiger partial charge in [0, 0.05) is 17.8 Å². The van der Waals surface area contributed by atoms with Gasteiger partial charge in [-0.1, -0.05) is 30.3 Å². The minimum Gasteiger partial charge on any atom is -0.399 e. The van der Waals surface area contributed by atoms with Crippen LogP contribution in [0.25, 0.3) is 5.69 Å². The number of nitrogen functional groups attached to an aromatic ring is 1. The molecule has 3 rings (SSSR count). The summed E-state index contributed by atoms with van der Waals surface area (Å²) in [5, 5.41) is 7.56. The lowest BCUT2D eigenvalue weighted by molar-refractivity contribution is -0.121. The smallest absolute Gasteiger partial charge is 0.220 e. The van der Waals surface area contributed by atoms with Gasteiger partial charge in [-0.05, 0) is 62.6 Å². The van der Waals surface area contributed by atoms with Crippen molar-refractivity contribution in [3.63, 3.8) is 0 Å². The average molecular weight is 362 g/mol. The first-order chi connectivity index (χ1) is 12.9. The lowest BCUT2D eigenvalue weighted by Crippen LogP contribution is -2.26. The number of anilines is 1. The van der Waals surface area contributed by atoms with Gasteiger partial charge in [0.25, 0.3) is 0 Å². The first kappa shape index (κ1) is 18.7. The summed E-state index contributed by atoms with van der Waals surface area (Å²) in [6, 6.07) is 17.8. The Morgan fingerprint density at radius 2 is 1.85 bits per heavy atom. The Morgan fingerprint density at radius 1 is 1.15 bits per heavy atom. The van der Waals surface area contributed by atoms with Gasteiger partial charge in [0.2, 0.25) is 5.91 Å². The molecule has 0 aliphatic carbocycles. The van der Waals surface area contributed by atoms with Gasteiger partial charge in [-0.2, -0.15) is 5.10 Å². The number of aromatic nitrogens is 2. The van der Waals surface area contributed by atoms with Gasteiger partial charge >= 0.3 is 0 Å². The van der Waals surface area contributed by atoms with Gasteiger partial charge in [-0.25, -0.2) is 4.68 Å². The van der Waals surface area contributed by atoms with Gasteiger partial charge in [0.05, 0.1) is 17.4 Å². The predicted molar refractivity (Wildman–Crippen MR) is 109 cm³/mol. The van der Waals surface area contributed by atoms with Crippen molar-refractivity contribution in [1.29, 1.82) is 0 Å². The molecular formula is C22H26N4O. The summed E-state index contributed by atoms with van der Waals surface area (Å²) in [6.07, 6.45) is 1.06. The van der Waals surface area contributed by atoms with Gasteiger partial charge in [0.1, 0.15) is 0 Å². The number of hydrogen-bond acceptors (Lipinski definition) is 3. The number of aryl methyl sites for hydroxylation is 3. The Labute approximate surface area is 160 Å². The van der Waals surface area contributed by atoms with E-state index >= 15 is 0 Å². The number of carbonyl (C=O) groups is 1. The SMILES string of the molecule is Cc1cc(C)n(-c2ccc(C(C)NC(=O)CCc3ccccc3N)cc2)n1. The number of hydrogen-bond donors (Lipinski definition) is 2. The molecule has 2 aromatic carbocycles. The molecule has 0 saturated carbocycles. The van der Waals surface area contributed by atoms with E-state index in [2.05, 4.69) is 16.5 Å². The number of rotatable bonds is 6. The van der Waals surface area contributed by atoms with Crippen LogP contribution in [-0.4, -0.2) is 15.7 Å². The molecule has 1 atom stereocenters. The molecule has 0 fully saturated rings. The van der Waals surface area contributed by atoms with Crippen molar-refractivity contribution in [2.45, 2.75) is 39.7 Å². The zero-order chi connectivity index (χ0) is 19.4. The normalized spacial score (nSPS) is 12.0. The second kappa shape index (κ2) is 8.08. The van der Waals surface area contributed by atoms with E-state index in [9.17, 15) is 4.79 Å². The van der Waals surface area contributed by atoms with Crippen molar-refractivity contribution in [2.75, 3.05) is 5.73 Å². The Bertz CT molecular complexity index is 928. The van der Waals surface area contributed by atoms with Crippen LogP contribution >= 0.6 is 0 Å².